The minimum Gasteiger partial charge on any atom is -0.457 e. The number of rotatable bonds is 8. The van der Waals surface area contributed by atoms with Crippen LogP contribution in [0.2, 0.25) is 0 Å². The molecule has 7 aliphatic rings. The van der Waals surface area contributed by atoms with Crippen molar-refractivity contribution in [2.24, 2.45) is 45.3 Å². The number of ether oxygens (including phenoxy) is 5. The second-order valence-corrected chi connectivity index (χ2v) is 19.1. The first kappa shape index (κ1) is 34.7. The number of hydrogen-bond donors (Lipinski definition) is 1. The largest absolute Gasteiger partial charge is 0.457 e. The van der Waals surface area contributed by atoms with E-state index in [1.165, 1.54) is 45.4 Å². The maximum Gasteiger partial charge on any atom is 0.303 e. The van der Waals surface area contributed by atoms with Crippen LogP contribution in [0, 0.1) is 45.3 Å². The lowest BCUT2D eigenvalue weighted by molar-refractivity contribution is -0.247. The minimum absolute atomic E-state index is 0.119. The van der Waals surface area contributed by atoms with Crippen molar-refractivity contribution in [3.63, 3.8) is 0 Å². The number of morpholine rings is 1. The molecule has 2 aliphatic heterocycles. The topological polar surface area (TPSA) is 86.7 Å². The number of aliphatic hydroxyl groups is 1. The van der Waals surface area contributed by atoms with E-state index in [1.54, 1.807) is 21.0 Å². The molecular formula is C39H65NO7. The van der Waals surface area contributed by atoms with Crippen LogP contribution in [-0.2, 0) is 28.5 Å². The number of nitrogens with zero attached hydrogens (tertiary/aromatic N) is 1. The third-order valence-electron chi connectivity index (χ3n) is 15.5. The number of methoxy groups -OCH3 is 1. The zero-order valence-corrected chi connectivity index (χ0v) is 30.9. The molecule has 8 nitrogen and oxygen atoms in total. The summed E-state index contributed by atoms with van der Waals surface area (Å²) in [5, 5.41) is 10.9. The summed E-state index contributed by atoms with van der Waals surface area (Å²) in [7, 11) is 1.80. The lowest BCUT2D eigenvalue weighted by Crippen LogP contribution is -2.56. The van der Waals surface area contributed by atoms with Gasteiger partial charge >= 0.3 is 5.97 Å². The van der Waals surface area contributed by atoms with Gasteiger partial charge in [-0.1, -0.05) is 20.8 Å². The maximum atomic E-state index is 12.0. The van der Waals surface area contributed by atoms with Gasteiger partial charge in [-0.05, 0) is 137 Å². The summed E-state index contributed by atoms with van der Waals surface area (Å²) in [4.78, 5) is 14.4. The molecule has 9 unspecified atom stereocenters. The van der Waals surface area contributed by atoms with Crippen molar-refractivity contribution in [1.82, 2.24) is 4.90 Å². The van der Waals surface area contributed by atoms with Crippen LogP contribution >= 0.6 is 0 Å². The van der Waals surface area contributed by atoms with E-state index in [0.29, 0.717) is 40.6 Å². The van der Waals surface area contributed by atoms with E-state index in [-0.39, 0.29) is 41.6 Å². The van der Waals surface area contributed by atoms with E-state index in [9.17, 15) is 9.90 Å². The summed E-state index contributed by atoms with van der Waals surface area (Å²) in [5.74, 6) is 2.36. The fraction of sp³-hybridized carbons (Fsp3) is 0.974. The van der Waals surface area contributed by atoms with Crippen LogP contribution in [0.5, 0.6) is 0 Å². The average molecular weight is 660 g/mol. The Kier molecular flexibility index (Phi) is 8.58. The van der Waals surface area contributed by atoms with Crippen molar-refractivity contribution in [2.45, 2.75) is 162 Å². The summed E-state index contributed by atoms with van der Waals surface area (Å²) < 4.78 is 31.4. The summed E-state index contributed by atoms with van der Waals surface area (Å²) in [5.41, 5.74) is 0.0491. The second kappa shape index (κ2) is 11.6. The van der Waals surface area contributed by atoms with Crippen LogP contribution in [0.15, 0.2) is 0 Å². The fourth-order valence-electron chi connectivity index (χ4n) is 13.3. The zero-order valence-electron chi connectivity index (χ0n) is 30.9. The molecule has 2 spiro atoms. The molecule has 0 aromatic carbocycles. The average Bonchev–Trinajstić information content (AvgIpc) is 3.56. The molecule has 5 aliphatic carbocycles. The molecule has 0 aromatic rings. The summed E-state index contributed by atoms with van der Waals surface area (Å²) in [6.45, 7) is 20.2. The molecular weight excluding hydrogens is 594 g/mol. The van der Waals surface area contributed by atoms with Gasteiger partial charge in [-0.25, -0.2) is 0 Å². The molecule has 2 heterocycles. The summed E-state index contributed by atoms with van der Waals surface area (Å²) in [6.07, 6.45) is 11.6. The normalized spacial score (nSPS) is 46.7. The van der Waals surface area contributed by atoms with Crippen LogP contribution in [0.4, 0.5) is 0 Å². The van der Waals surface area contributed by atoms with Gasteiger partial charge in [-0.15, -0.1) is 0 Å². The van der Waals surface area contributed by atoms with Crippen molar-refractivity contribution in [2.75, 3.05) is 33.4 Å². The highest BCUT2D eigenvalue weighted by Gasteiger charge is 2.80. The van der Waals surface area contributed by atoms with Gasteiger partial charge in [0.25, 0.3) is 0 Å². The SMILES string of the molecule is COC(C)(C)CN1CCOC(O[C@H]2CCC34C[C@]35CCC3(C)C6CCC([C@H](OC(C)=O)C(C)(C)O)OC6CC3C5CCC4C2(C)C)C1. The van der Waals surface area contributed by atoms with Gasteiger partial charge < -0.3 is 28.8 Å². The van der Waals surface area contributed by atoms with Crippen molar-refractivity contribution in [3.8, 4) is 0 Å². The van der Waals surface area contributed by atoms with E-state index >= 15 is 0 Å². The third-order valence-corrected chi connectivity index (χ3v) is 15.5. The molecule has 0 amide bonds. The highest BCUT2D eigenvalue weighted by Crippen LogP contribution is 2.87. The monoisotopic (exact) mass is 659 g/mol. The second-order valence-electron chi connectivity index (χ2n) is 19.1. The van der Waals surface area contributed by atoms with Gasteiger partial charge in [0.05, 0.1) is 36.1 Å². The molecule has 5 saturated carbocycles. The molecule has 7 rings (SSSR count). The number of esters is 1. The van der Waals surface area contributed by atoms with Crippen LogP contribution < -0.4 is 0 Å². The molecule has 12 atom stereocenters. The third kappa shape index (κ3) is 5.57. The minimum atomic E-state index is -1.14. The molecule has 268 valence electrons. The molecule has 1 N–H and O–H groups in total. The number of carbonyl (C=O) groups is 1. The summed E-state index contributed by atoms with van der Waals surface area (Å²) >= 11 is 0. The van der Waals surface area contributed by atoms with Crippen molar-refractivity contribution in [1.29, 1.82) is 0 Å². The Balaban J connectivity index is 1.04. The van der Waals surface area contributed by atoms with Gasteiger partial charge in [0.15, 0.2) is 12.4 Å². The standard InChI is InChI=1S/C39H65NO7/c1-24(41)45-33(36(6,7)42)28-12-10-26-29(46-28)20-27-25-11-13-30-35(4,5)31(14-15-39(30)22-38(25,39)17-16-37(26,27)8)47-32-21-40(18-19-44-32)23-34(2,3)43-9/h25-33,42H,10-23H2,1-9H3/t25?,26?,27?,28?,29?,30?,31-,32?,33-,37?,38-,39?/m0/s1. The van der Waals surface area contributed by atoms with E-state index in [4.69, 9.17) is 23.7 Å². The predicted molar refractivity (Wildman–Crippen MR) is 180 cm³/mol. The molecule has 0 aromatic heterocycles. The smallest absolute Gasteiger partial charge is 0.303 e. The first-order valence-electron chi connectivity index (χ1n) is 19.1. The van der Waals surface area contributed by atoms with Crippen molar-refractivity contribution in [3.05, 3.63) is 0 Å². The van der Waals surface area contributed by atoms with E-state index in [2.05, 4.69) is 39.5 Å². The molecule has 8 heteroatoms. The van der Waals surface area contributed by atoms with Crippen LogP contribution in [0.1, 0.15) is 120 Å². The Morgan fingerprint density at radius 1 is 0.979 bits per heavy atom. The zero-order chi connectivity index (χ0) is 33.8. The summed E-state index contributed by atoms with van der Waals surface area (Å²) in [6, 6.07) is 0. The quantitative estimate of drug-likeness (QED) is 0.301. The predicted octanol–water partition coefficient (Wildman–Crippen LogP) is 6.36. The highest BCUT2D eigenvalue weighted by atomic mass is 16.7. The van der Waals surface area contributed by atoms with Gasteiger partial charge in [-0.3, -0.25) is 9.69 Å². The lowest BCUT2D eigenvalue weighted by Gasteiger charge is -2.60. The highest BCUT2D eigenvalue weighted by molar-refractivity contribution is 5.66. The molecule has 47 heavy (non-hydrogen) atoms. The Bertz CT molecular complexity index is 1200. The van der Waals surface area contributed by atoms with Gasteiger partial charge in [-0.2, -0.15) is 0 Å². The fourth-order valence-corrected chi connectivity index (χ4v) is 13.3. The number of fused-ring (bicyclic) bond motifs is 4. The maximum absolute atomic E-state index is 12.0. The van der Waals surface area contributed by atoms with E-state index in [0.717, 1.165) is 51.2 Å². The molecule has 0 bridgehead atoms. The van der Waals surface area contributed by atoms with Crippen molar-refractivity contribution < 1.29 is 33.6 Å². The first-order valence-corrected chi connectivity index (χ1v) is 19.1. The number of carbonyl (C=O) groups excluding carboxylic acids is 1. The van der Waals surface area contributed by atoms with Crippen molar-refractivity contribution >= 4 is 5.97 Å². The molecule has 2 saturated heterocycles. The Morgan fingerprint density at radius 2 is 1.72 bits per heavy atom. The van der Waals surface area contributed by atoms with E-state index in [1.807, 2.05) is 0 Å². The molecule has 7 fully saturated rings. The Hall–Kier alpha value is -0.770. The van der Waals surface area contributed by atoms with Gasteiger partial charge in [0.2, 0.25) is 0 Å². The van der Waals surface area contributed by atoms with Crippen LogP contribution in [0.25, 0.3) is 0 Å². The van der Waals surface area contributed by atoms with E-state index < -0.39 is 11.7 Å². The van der Waals surface area contributed by atoms with Crippen LogP contribution in [-0.4, -0.2) is 91.2 Å². The Labute approximate surface area is 284 Å². The van der Waals surface area contributed by atoms with Gasteiger partial charge in [0, 0.05) is 33.7 Å². The first-order chi connectivity index (χ1) is 22.0. The number of hydrogen-bond acceptors (Lipinski definition) is 8. The van der Waals surface area contributed by atoms with Gasteiger partial charge in [0.1, 0.15) is 0 Å². The molecule has 0 radical (unpaired) electrons. The lowest BCUT2D eigenvalue weighted by atomic mass is 9.46. The van der Waals surface area contributed by atoms with Crippen LogP contribution in [0.3, 0.4) is 0 Å². The Morgan fingerprint density at radius 3 is 2.43 bits per heavy atom.